The molecule has 1 unspecified atom stereocenters. The number of aromatic nitrogens is 1. The molecule has 1 aromatic heterocycles. The average molecular weight is 306 g/mol. The number of hydrogen-bond donors (Lipinski definition) is 2. The zero-order valence-corrected chi connectivity index (χ0v) is 11.1. The molecule has 9 nitrogen and oxygen atoms in total. The molecule has 3 rings (SSSR count). The Morgan fingerprint density at radius 2 is 2.32 bits per heavy atom. The Bertz CT molecular complexity index is 642. The number of thiazole rings is 1. The Kier molecular flexibility index (Phi) is 2.76. The van der Waals surface area contributed by atoms with Crippen molar-refractivity contribution in [3.8, 4) is 0 Å². The predicted octanol–water partition coefficient (Wildman–Crippen LogP) is -0.371. The van der Waals surface area contributed by atoms with E-state index in [1.54, 1.807) is 0 Å². The molecule has 1 fully saturated rings. The molecule has 3 heterocycles. The molecule has 2 aliphatic heterocycles. The number of carbonyl (C=O) groups is 1. The molecule has 2 bridgehead atoms. The van der Waals surface area contributed by atoms with Crippen LogP contribution < -0.4 is 5.73 Å². The monoisotopic (exact) mass is 306 g/mol. The Morgan fingerprint density at radius 3 is 2.95 bits per heavy atom. The third-order valence-electron chi connectivity index (χ3n) is 2.90. The van der Waals surface area contributed by atoms with Crippen LogP contribution in [-0.2, 0) is 27.8 Å². The van der Waals surface area contributed by atoms with Gasteiger partial charge in [0.1, 0.15) is 11.0 Å². The van der Waals surface area contributed by atoms with Gasteiger partial charge in [-0.3, -0.25) is 4.55 Å². The standard InChI is InChI=1S/C8H10N4O5S2/c9-1-6-10-4-2-11-3-5(7(4)18-6)12(8(11)13)17-19(14,15)16/h5H,1-3,9H2,(H,14,15,16). The minimum Gasteiger partial charge on any atom is -0.325 e. The second-order valence-corrected chi connectivity index (χ2v) is 6.25. The van der Waals surface area contributed by atoms with E-state index in [0.29, 0.717) is 22.3 Å². The molecule has 1 aromatic rings. The summed E-state index contributed by atoms with van der Waals surface area (Å²) in [6.07, 6.45) is 0. The smallest absolute Gasteiger partial charge is 0.325 e. The van der Waals surface area contributed by atoms with Crippen LogP contribution in [0.25, 0.3) is 0 Å². The van der Waals surface area contributed by atoms with Gasteiger partial charge in [-0.25, -0.2) is 9.78 Å². The lowest BCUT2D eigenvalue weighted by atomic mass is 10.1. The Labute approximate surface area is 112 Å². The number of nitrogens with two attached hydrogens (primary N) is 1. The highest BCUT2D eigenvalue weighted by Crippen LogP contribution is 2.41. The molecule has 1 atom stereocenters. The maximum absolute atomic E-state index is 11.9. The molecule has 19 heavy (non-hydrogen) atoms. The largest absolute Gasteiger partial charge is 0.418 e. The topological polar surface area (TPSA) is 126 Å². The molecule has 2 amide bonds. The third kappa shape index (κ3) is 2.08. The third-order valence-corrected chi connectivity index (χ3v) is 4.47. The molecule has 0 saturated carbocycles. The van der Waals surface area contributed by atoms with Crippen molar-refractivity contribution in [3.05, 3.63) is 15.6 Å². The van der Waals surface area contributed by atoms with Crippen molar-refractivity contribution in [3.63, 3.8) is 0 Å². The van der Waals surface area contributed by atoms with Crippen molar-refractivity contribution in [2.75, 3.05) is 6.54 Å². The van der Waals surface area contributed by atoms with Crippen LogP contribution in [0.1, 0.15) is 21.6 Å². The van der Waals surface area contributed by atoms with E-state index in [-0.39, 0.29) is 13.1 Å². The van der Waals surface area contributed by atoms with Crippen LogP contribution in [0.15, 0.2) is 0 Å². The first kappa shape index (κ1) is 12.7. The van der Waals surface area contributed by atoms with Crippen LogP contribution in [0, 0.1) is 0 Å². The number of rotatable bonds is 3. The summed E-state index contributed by atoms with van der Waals surface area (Å²) in [4.78, 5) is 18.3. The summed E-state index contributed by atoms with van der Waals surface area (Å²) in [5.41, 5.74) is 6.20. The number of hydrogen-bond acceptors (Lipinski definition) is 7. The van der Waals surface area contributed by atoms with Gasteiger partial charge in [0.05, 0.1) is 23.7 Å². The van der Waals surface area contributed by atoms with Crippen molar-refractivity contribution in [1.82, 2.24) is 14.9 Å². The molecule has 104 valence electrons. The van der Waals surface area contributed by atoms with E-state index in [0.717, 1.165) is 4.88 Å². The second-order valence-electron chi connectivity index (χ2n) is 4.13. The highest BCUT2D eigenvalue weighted by atomic mass is 32.3. The molecule has 11 heteroatoms. The lowest BCUT2D eigenvalue weighted by Gasteiger charge is -2.20. The molecular weight excluding hydrogens is 296 g/mol. The van der Waals surface area contributed by atoms with Crippen LogP contribution in [0.3, 0.4) is 0 Å². The summed E-state index contributed by atoms with van der Waals surface area (Å²) in [6.45, 7) is 0.859. The van der Waals surface area contributed by atoms with E-state index in [2.05, 4.69) is 9.27 Å². The number of hydroxylamine groups is 2. The maximum Gasteiger partial charge on any atom is 0.418 e. The van der Waals surface area contributed by atoms with Gasteiger partial charge in [-0.15, -0.1) is 15.6 Å². The highest BCUT2D eigenvalue weighted by molar-refractivity contribution is 7.80. The van der Waals surface area contributed by atoms with Crippen LogP contribution in [0.2, 0.25) is 0 Å². The Hall–Kier alpha value is -1.27. The molecule has 0 aromatic carbocycles. The molecule has 1 saturated heterocycles. The van der Waals surface area contributed by atoms with Gasteiger partial charge in [-0.1, -0.05) is 0 Å². The first-order chi connectivity index (χ1) is 8.89. The molecule has 0 radical (unpaired) electrons. The van der Waals surface area contributed by atoms with Gasteiger partial charge in [0.2, 0.25) is 0 Å². The lowest BCUT2D eigenvalue weighted by molar-refractivity contribution is -0.0307. The van der Waals surface area contributed by atoms with Gasteiger partial charge in [0, 0.05) is 6.54 Å². The minimum absolute atomic E-state index is 0.275. The van der Waals surface area contributed by atoms with Crippen molar-refractivity contribution >= 4 is 27.8 Å². The van der Waals surface area contributed by atoms with Crippen molar-refractivity contribution in [2.45, 2.75) is 19.1 Å². The Balaban J connectivity index is 1.99. The van der Waals surface area contributed by atoms with E-state index in [9.17, 15) is 13.2 Å². The van der Waals surface area contributed by atoms with E-state index in [1.807, 2.05) is 0 Å². The van der Waals surface area contributed by atoms with E-state index < -0.39 is 22.5 Å². The highest BCUT2D eigenvalue weighted by Gasteiger charge is 2.47. The Morgan fingerprint density at radius 1 is 1.58 bits per heavy atom. The van der Waals surface area contributed by atoms with Gasteiger partial charge in [0.15, 0.2) is 0 Å². The van der Waals surface area contributed by atoms with Gasteiger partial charge in [-0.05, 0) is 0 Å². The summed E-state index contributed by atoms with van der Waals surface area (Å²) in [6, 6.07) is -1.20. The fourth-order valence-corrected chi connectivity index (χ4v) is 3.59. The molecule has 0 aliphatic carbocycles. The van der Waals surface area contributed by atoms with Crippen molar-refractivity contribution in [2.24, 2.45) is 5.73 Å². The molecular formula is C8H10N4O5S2. The van der Waals surface area contributed by atoms with Crippen molar-refractivity contribution < 1.29 is 22.0 Å². The van der Waals surface area contributed by atoms with Crippen molar-refractivity contribution in [1.29, 1.82) is 0 Å². The van der Waals surface area contributed by atoms with Crippen LogP contribution in [0.4, 0.5) is 4.79 Å². The van der Waals surface area contributed by atoms with Gasteiger partial charge in [0.25, 0.3) is 0 Å². The molecule has 2 aliphatic rings. The quantitative estimate of drug-likeness (QED) is 0.729. The minimum atomic E-state index is -4.74. The maximum atomic E-state index is 11.9. The van der Waals surface area contributed by atoms with Crippen LogP contribution >= 0.6 is 11.3 Å². The first-order valence-electron chi connectivity index (χ1n) is 5.32. The van der Waals surface area contributed by atoms with Crippen LogP contribution in [-0.4, -0.2) is 40.5 Å². The van der Waals surface area contributed by atoms with Gasteiger partial charge < -0.3 is 10.6 Å². The van der Waals surface area contributed by atoms with Crippen LogP contribution in [0.5, 0.6) is 0 Å². The fourth-order valence-electron chi connectivity index (χ4n) is 2.20. The normalized spacial score (nSPS) is 22.0. The molecule has 3 N–H and O–H groups in total. The lowest BCUT2D eigenvalue weighted by Crippen LogP contribution is -2.32. The summed E-state index contributed by atoms with van der Waals surface area (Å²) >= 11 is 1.31. The van der Waals surface area contributed by atoms with E-state index >= 15 is 0 Å². The van der Waals surface area contributed by atoms with Gasteiger partial charge >= 0.3 is 16.4 Å². The fraction of sp³-hybridized carbons (Fsp3) is 0.500. The number of urea groups is 1. The predicted molar refractivity (Wildman–Crippen MR) is 63.0 cm³/mol. The first-order valence-corrected chi connectivity index (χ1v) is 7.51. The zero-order chi connectivity index (χ0) is 13.8. The number of nitrogens with zero attached hydrogens (tertiary/aromatic N) is 3. The zero-order valence-electron chi connectivity index (χ0n) is 9.51. The van der Waals surface area contributed by atoms with E-state index in [4.69, 9.17) is 10.3 Å². The summed E-state index contributed by atoms with van der Waals surface area (Å²) < 4.78 is 34.6. The number of fused-ring (bicyclic) bond motifs is 4. The van der Waals surface area contributed by atoms with Gasteiger partial charge in [-0.2, -0.15) is 13.5 Å². The molecule has 0 spiro atoms. The SMILES string of the molecule is NCc1nc2c(s1)C1CN(C2)C(=O)N1OS(=O)(=O)O. The second kappa shape index (κ2) is 4.11. The summed E-state index contributed by atoms with van der Waals surface area (Å²) in [5, 5.41) is 1.37. The number of carbonyl (C=O) groups excluding carboxylic acids is 1. The number of amides is 2. The summed E-state index contributed by atoms with van der Waals surface area (Å²) in [7, 11) is -4.74. The summed E-state index contributed by atoms with van der Waals surface area (Å²) in [5.74, 6) is 0. The van der Waals surface area contributed by atoms with E-state index in [1.165, 1.54) is 16.2 Å². The average Bonchev–Trinajstić information content (AvgIpc) is 2.84.